The van der Waals surface area contributed by atoms with Crippen molar-refractivity contribution in [2.45, 2.75) is 26.3 Å². The van der Waals surface area contributed by atoms with Crippen molar-refractivity contribution in [2.24, 2.45) is 9.98 Å². The van der Waals surface area contributed by atoms with Crippen molar-refractivity contribution in [1.29, 1.82) is 0 Å². The van der Waals surface area contributed by atoms with Gasteiger partial charge in [0.15, 0.2) is 5.84 Å². The molecule has 0 saturated carbocycles. The molecule has 0 atom stereocenters. The van der Waals surface area contributed by atoms with Crippen molar-refractivity contribution in [1.82, 2.24) is 0 Å². The molecule has 3 nitrogen and oxygen atoms in total. The summed E-state index contributed by atoms with van der Waals surface area (Å²) in [4.78, 5) is 9.52. The van der Waals surface area contributed by atoms with E-state index in [1.165, 1.54) is 0 Å². The minimum atomic E-state index is -0.205. The Labute approximate surface area is 158 Å². The average molecular weight is 372 g/mol. The predicted octanol–water partition coefficient (Wildman–Crippen LogP) is 6.10. The van der Waals surface area contributed by atoms with Crippen LogP contribution in [-0.4, -0.2) is 17.1 Å². The number of hydrogen-bond donors (Lipinski definition) is 1. The van der Waals surface area contributed by atoms with Gasteiger partial charge >= 0.3 is 0 Å². The lowest BCUT2D eigenvalue weighted by atomic mass is 10.1. The molecule has 3 rings (SSSR count). The molecule has 5 heteroatoms. The molecule has 1 aliphatic heterocycles. The van der Waals surface area contributed by atoms with E-state index in [1.807, 2.05) is 54.6 Å². The third-order valence-electron chi connectivity index (χ3n) is 3.45. The lowest BCUT2D eigenvalue weighted by molar-refractivity contribution is 0.585. The molecule has 25 heavy (non-hydrogen) atoms. The van der Waals surface area contributed by atoms with Gasteiger partial charge in [0.1, 0.15) is 5.71 Å². The average Bonchev–Trinajstić information content (AvgIpc) is 2.91. The smallest absolute Gasteiger partial charge is 0.156 e. The van der Waals surface area contributed by atoms with E-state index in [4.69, 9.17) is 33.2 Å². The quantitative estimate of drug-likeness (QED) is 0.680. The Morgan fingerprint density at radius 3 is 2.00 bits per heavy atom. The summed E-state index contributed by atoms with van der Waals surface area (Å²) in [5.41, 5.74) is 3.39. The van der Waals surface area contributed by atoms with E-state index >= 15 is 0 Å². The van der Waals surface area contributed by atoms with Gasteiger partial charge in [-0.15, -0.1) is 0 Å². The van der Waals surface area contributed by atoms with Gasteiger partial charge in [-0.1, -0.05) is 35.3 Å². The molecule has 1 aliphatic rings. The molecule has 0 fully saturated rings. The van der Waals surface area contributed by atoms with Gasteiger partial charge in [-0.2, -0.15) is 0 Å². The van der Waals surface area contributed by atoms with E-state index in [2.05, 4.69) is 26.1 Å². The summed E-state index contributed by atoms with van der Waals surface area (Å²) in [5.74, 6) is 0.724. The number of halogens is 2. The van der Waals surface area contributed by atoms with Crippen LogP contribution in [0.2, 0.25) is 10.0 Å². The number of nitrogens with one attached hydrogen (secondary N) is 1. The lowest BCUT2D eigenvalue weighted by Crippen LogP contribution is -2.23. The Morgan fingerprint density at radius 2 is 1.44 bits per heavy atom. The second-order valence-corrected chi connectivity index (χ2v) is 7.67. The fraction of sp³-hybridized carbons (Fsp3) is 0.200. The van der Waals surface area contributed by atoms with Crippen LogP contribution in [0.25, 0.3) is 5.70 Å². The summed E-state index contributed by atoms with van der Waals surface area (Å²) in [6, 6.07) is 15.1. The highest BCUT2D eigenvalue weighted by atomic mass is 35.5. The molecule has 0 aliphatic carbocycles. The van der Waals surface area contributed by atoms with Crippen LogP contribution < -0.4 is 5.32 Å². The molecule has 0 bridgehead atoms. The minimum absolute atomic E-state index is 0.205. The Bertz CT molecular complexity index is 855. The van der Waals surface area contributed by atoms with Crippen LogP contribution in [0.1, 0.15) is 26.3 Å². The summed E-state index contributed by atoms with van der Waals surface area (Å²) in [6.45, 7) is 6.19. The highest BCUT2D eigenvalue weighted by molar-refractivity contribution is 6.53. The number of aliphatic imine (C=N–C) groups is 2. The summed E-state index contributed by atoms with van der Waals surface area (Å²) >= 11 is 11.9. The molecule has 0 radical (unpaired) electrons. The molecule has 1 N–H and O–H groups in total. The zero-order valence-corrected chi connectivity index (χ0v) is 15.9. The van der Waals surface area contributed by atoms with Crippen molar-refractivity contribution >= 4 is 46.1 Å². The molecule has 0 aromatic heterocycles. The lowest BCUT2D eigenvalue weighted by Gasteiger charge is -2.14. The Morgan fingerprint density at radius 1 is 0.880 bits per heavy atom. The van der Waals surface area contributed by atoms with Crippen LogP contribution in [0.3, 0.4) is 0 Å². The molecule has 1 heterocycles. The van der Waals surface area contributed by atoms with Crippen LogP contribution in [0.4, 0.5) is 5.69 Å². The second-order valence-electron chi connectivity index (χ2n) is 6.80. The molecular weight excluding hydrogens is 353 g/mol. The number of rotatable bonds is 2. The standard InChI is InChI=1S/C20H19Cl2N3/c1-20(2,3)25-18-12-17(13-4-6-14(21)7-5-13)24-19(18)23-16-10-8-15(22)9-11-16/h4-12H,1-3H3,(H,23,24,25). The van der Waals surface area contributed by atoms with Gasteiger partial charge in [-0.3, -0.25) is 4.99 Å². The Balaban J connectivity index is 1.95. The normalized spacial score (nSPS) is 16.0. The summed E-state index contributed by atoms with van der Waals surface area (Å²) in [7, 11) is 0. The van der Waals surface area contributed by atoms with Gasteiger partial charge in [0.05, 0.1) is 11.2 Å². The number of hydrogen-bond acceptors (Lipinski definition) is 3. The number of benzene rings is 2. The molecule has 0 unspecified atom stereocenters. The highest BCUT2D eigenvalue weighted by Crippen LogP contribution is 2.25. The summed E-state index contributed by atoms with van der Waals surface area (Å²) in [5, 5.41) is 4.73. The molecule has 2 aromatic carbocycles. The summed E-state index contributed by atoms with van der Waals surface area (Å²) in [6.07, 6.45) is 1.99. The van der Waals surface area contributed by atoms with Crippen LogP contribution in [0, 0.1) is 0 Å². The van der Waals surface area contributed by atoms with Gasteiger partial charge in [-0.05, 0) is 63.2 Å². The van der Waals surface area contributed by atoms with E-state index in [-0.39, 0.29) is 5.54 Å². The van der Waals surface area contributed by atoms with Gasteiger partial charge in [0.25, 0.3) is 0 Å². The Hall–Kier alpha value is -2.10. The highest BCUT2D eigenvalue weighted by Gasteiger charge is 2.20. The van der Waals surface area contributed by atoms with Crippen molar-refractivity contribution in [3.63, 3.8) is 0 Å². The molecule has 0 amide bonds. The van der Waals surface area contributed by atoms with Crippen LogP contribution in [0.15, 0.2) is 64.6 Å². The van der Waals surface area contributed by atoms with Crippen molar-refractivity contribution in [3.05, 3.63) is 70.2 Å². The molecular formula is C20H19Cl2N3. The van der Waals surface area contributed by atoms with E-state index < -0.39 is 0 Å². The van der Waals surface area contributed by atoms with Crippen molar-refractivity contribution in [3.8, 4) is 0 Å². The fourth-order valence-corrected chi connectivity index (χ4v) is 2.64. The van der Waals surface area contributed by atoms with E-state index in [0.717, 1.165) is 28.5 Å². The van der Waals surface area contributed by atoms with Gasteiger partial charge in [0.2, 0.25) is 0 Å². The first-order valence-corrected chi connectivity index (χ1v) is 8.75. The van der Waals surface area contributed by atoms with Gasteiger partial charge in [0, 0.05) is 21.3 Å². The second kappa shape index (κ2) is 7.03. The minimum Gasteiger partial charge on any atom is -0.338 e. The number of anilines is 1. The maximum absolute atomic E-state index is 5.98. The van der Waals surface area contributed by atoms with E-state index in [1.54, 1.807) is 0 Å². The van der Waals surface area contributed by atoms with Crippen molar-refractivity contribution in [2.75, 3.05) is 5.32 Å². The first-order valence-electron chi connectivity index (χ1n) is 7.99. The van der Waals surface area contributed by atoms with Crippen LogP contribution in [-0.2, 0) is 0 Å². The first kappa shape index (κ1) is 17.7. The number of nitrogens with zero attached hydrogens (tertiary/aromatic N) is 2. The first-order chi connectivity index (χ1) is 11.8. The monoisotopic (exact) mass is 371 g/mol. The molecule has 0 spiro atoms. The maximum atomic E-state index is 5.98. The number of amidine groups is 1. The SMILES string of the molecule is CC(C)(C)N=C1C=C(c2ccc(Cl)cc2)N=C1Nc1ccc(Cl)cc1. The zero-order valence-electron chi connectivity index (χ0n) is 14.3. The third kappa shape index (κ3) is 4.71. The topological polar surface area (TPSA) is 36.8 Å². The third-order valence-corrected chi connectivity index (χ3v) is 3.96. The largest absolute Gasteiger partial charge is 0.338 e. The van der Waals surface area contributed by atoms with E-state index in [0.29, 0.717) is 10.0 Å². The van der Waals surface area contributed by atoms with E-state index in [9.17, 15) is 0 Å². The molecule has 0 saturated heterocycles. The predicted molar refractivity (Wildman–Crippen MR) is 109 cm³/mol. The van der Waals surface area contributed by atoms with Crippen LogP contribution in [0.5, 0.6) is 0 Å². The van der Waals surface area contributed by atoms with Crippen LogP contribution >= 0.6 is 23.2 Å². The van der Waals surface area contributed by atoms with Crippen molar-refractivity contribution < 1.29 is 0 Å². The van der Waals surface area contributed by atoms with Gasteiger partial charge in [-0.25, -0.2) is 4.99 Å². The zero-order chi connectivity index (χ0) is 18.0. The maximum Gasteiger partial charge on any atom is 0.156 e. The molecule has 2 aromatic rings. The fourth-order valence-electron chi connectivity index (χ4n) is 2.38. The summed E-state index contributed by atoms with van der Waals surface area (Å²) < 4.78 is 0. The molecule has 128 valence electrons. The van der Waals surface area contributed by atoms with Gasteiger partial charge < -0.3 is 5.32 Å². The Kier molecular flexibility index (Phi) is 4.98.